The van der Waals surface area contributed by atoms with E-state index in [1.807, 2.05) is 49.1 Å². The van der Waals surface area contributed by atoms with Crippen molar-refractivity contribution in [2.75, 3.05) is 13.7 Å². The molecule has 0 unspecified atom stereocenters. The van der Waals surface area contributed by atoms with Gasteiger partial charge in [0.1, 0.15) is 6.04 Å². The molecule has 1 saturated heterocycles. The third kappa shape index (κ3) is 4.77. The van der Waals surface area contributed by atoms with Gasteiger partial charge in [-0.05, 0) is 17.5 Å². The summed E-state index contributed by atoms with van der Waals surface area (Å²) >= 11 is 0. The van der Waals surface area contributed by atoms with E-state index in [1.54, 1.807) is 0 Å². The van der Waals surface area contributed by atoms with Gasteiger partial charge >= 0.3 is 5.97 Å². The lowest BCUT2D eigenvalue weighted by atomic mass is 10.1. The molecule has 1 aliphatic heterocycles. The van der Waals surface area contributed by atoms with Gasteiger partial charge in [-0.2, -0.15) is 0 Å². The maximum Gasteiger partial charge on any atom is 0.323 e. The Labute approximate surface area is 125 Å². The molecule has 6 heteroatoms. The van der Waals surface area contributed by atoms with Crippen molar-refractivity contribution in [2.24, 2.45) is 5.11 Å². The molecule has 2 atom stereocenters. The first-order valence-electron chi connectivity index (χ1n) is 7.14. The Morgan fingerprint density at radius 3 is 2.67 bits per heavy atom. The first-order chi connectivity index (χ1) is 10.2. The summed E-state index contributed by atoms with van der Waals surface area (Å²) in [7, 11) is 1.38. The van der Waals surface area contributed by atoms with Gasteiger partial charge in [-0.25, -0.2) is 0 Å². The number of nitrogens with zero attached hydrogens (tertiary/aromatic N) is 4. The zero-order valence-corrected chi connectivity index (χ0v) is 12.8. The maximum atomic E-state index is 11.8. The van der Waals surface area contributed by atoms with Gasteiger partial charge in [0.15, 0.2) is 0 Å². The Balaban J connectivity index is 0.00000106. The predicted octanol–water partition coefficient (Wildman–Crippen LogP) is 3.14. The summed E-state index contributed by atoms with van der Waals surface area (Å²) in [4.78, 5) is 16.6. The van der Waals surface area contributed by atoms with E-state index in [-0.39, 0.29) is 18.1 Å². The molecule has 0 N–H and O–H groups in total. The van der Waals surface area contributed by atoms with Crippen LogP contribution in [0.25, 0.3) is 10.4 Å². The number of rotatable bonds is 4. The van der Waals surface area contributed by atoms with Gasteiger partial charge < -0.3 is 4.74 Å². The van der Waals surface area contributed by atoms with Crippen LogP contribution in [0.15, 0.2) is 35.4 Å². The maximum absolute atomic E-state index is 11.8. The van der Waals surface area contributed by atoms with E-state index in [0.29, 0.717) is 19.5 Å². The molecule has 1 aromatic rings. The van der Waals surface area contributed by atoms with Gasteiger partial charge in [-0.1, -0.05) is 49.3 Å². The first-order valence-corrected chi connectivity index (χ1v) is 7.14. The van der Waals surface area contributed by atoms with Gasteiger partial charge in [0.25, 0.3) is 0 Å². The number of esters is 1. The number of methoxy groups -OCH3 is 1. The number of hydrogen-bond donors (Lipinski definition) is 0. The van der Waals surface area contributed by atoms with Crippen molar-refractivity contribution in [1.82, 2.24) is 4.90 Å². The Morgan fingerprint density at radius 1 is 1.43 bits per heavy atom. The van der Waals surface area contributed by atoms with Gasteiger partial charge in [-0.3, -0.25) is 9.69 Å². The summed E-state index contributed by atoms with van der Waals surface area (Å²) in [6, 6.07) is 9.39. The van der Waals surface area contributed by atoms with Gasteiger partial charge in [-0.15, -0.1) is 0 Å². The average molecular weight is 290 g/mol. The number of hydrogen-bond acceptors (Lipinski definition) is 4. The molecule has 1 fully saturated rings. The van der Waals surface area contributed by atoms with Gasteiger partial charge in [0, 0.05) is 18.0 Å². The molecule has 0 spiro atoms. The summed E-state index contributed by atoms with van der Waals surface area (Å²) in [5, 5.41) is 3.71. The topological polar surface area (TPSA) is 78.3 Å². The lowest BCUT2D eigenvalue weighted by Crippen LogP contribution is -2.36. The molecule has 1 aromatic carbocycles. The second-order valence-corrected chi connectivity index (χ2v) is 4.55. The van der Waals surface area contributed by atoms with Crippen molar-refractivity contribution in [3.05, 3.63) is 46.3 Å². The van der Waals surface area contributed by atoms with Crippen molar-refractivity contribution in [1.29, 1.82) is 0 Å². The molecule has 1 heterocycles. The molecular formula is C15H22N4O2. The predicted molar refractivity (Wildman–Crippen MR) is 81.6 cm³/mol. The van der Waals surface area contributed by atoms with Crippen LogP contribution in [-0.4, -0.2) is 36.6 Å². The van der Waals surface area contributed by atoms with Crippen LogP contribution in [0.2, 0.25) is 0 Å². The van der Waals surface area contributed by atoms with Crippen LogP contribution in [0.5, 0.6) is 0 Å². The molecular weight excluding hydrogens is 268 g/mol. The number of carbonyl (C=O) groups is 1. The highest BCUT2D eigenvalue weighted by molar-refractivity contribution is 5.76. The highest BCUT2D eigenvalue weighted by atomic mass is 16.5. The average Bonchev–Trinajstić information content (AvgIpc) is 2.92. The van der Waals surface area contributed by atoms with Gasteiger partial charge in [0.05, 0.1) is 13.2 Å². The summed E-state index contributed by atoms with van der Waals surface area (Å²) in [5.41, 5.74) is 9.63. The van der Waals surface area contributed by atoms with E-state index in [0.717, 1.165) is 5.56 Å². The molecule has 114 valence electrons. The van der Waals surface area contributed by atoms with E-state index in [4.69, 9.17) is 10.3 Å². The van der Waals surface area contributed by atoms with E-state index >= 15 is 0 Å². The minimum absolute atomic E-state index is 0.169. The zero-order chi connectivity index (χ0) is 15.7. The number of likely N-dealkylation sites (tertiary alicyclic amines) is 1. The minimum atomic E-state index is -0.333. The van der Waals surface area contributed by atoms with Crippen molar-refractivity contribution in [3.8, 4) is 0 Å². The number of carbonyl (C=O) groups excluding carboxylic acids is 1. The lowest BCUT2D eigenvalue weighted by Gasteiger charge is -2.22. The summed E-state index contributed by atoms with van der Waals surface area (Å²) in [6.07, 6.45) is 0.517. The van der Waals surface area contributed by atoms with Crippen molar-refractivity contribution in [2.45, 2.75) is 38.9 Å². The standard InChI is InChI=1S/C13H16N4O2.C2H6/c1-19-13(18)12-7-11(15-16-14)9-17(12)8-10-5-3-2-4-6-10;1-2/h2-6,11-12H,7-9H2,1H3;1-2H3/t11-,12-;/m0./s1. The van der Waals surface area contributed by atoms with Crippen LogP contribution in [0.1, 0.15) is 25.8 Å². The van der Waals surface area contributed by atoms with Crippen molar-refractivity contribution in [3.63, 3.8) is 0 Å². The minimum Gasteiger partial charge on any atom is -0.468 e. The summed E-state index contributed by atoms with van der Waals surface area (Å²) < 4.78 is 4.81. The Morgan fingerprint density at radius 2 is 2.10 bits per heavy atom. The fourth-order valence-corrected chi connectivity index (χ4v) is 2.41. The van der Waals surface area contributed by atoms with Crippen LogP contribution in [-0.2, 0) is 16.1 Å². The zero-order valence-electron chi connectivity index (χ0n) is 12.8. The van der Waals surface area contributed by atoms with E-state index in [2.05, 4.69) is 10.0 Å². The summed E-state index contributed by atoms with van der Waals surface area (Å²) in [6.45, 7) is 5.23. The smallest absolute Gasteiger partial charge is 0.323 e. The van der Waals surface area contributed by atoms with Crippen molar-refractivity contribution >= 4 is 5.97 Å². The van der Waals surface area contributed by atoms with Crippen LogP contribution < -0.4 is 0 Å². The molecule has 0 amide bonds. The van der Waals surface area contributed by atoms with Gasteiger partial charge in [0.2, 0.25) is 0 Å². The van der Waals surface area contributed by atoms with E-state index < -0.39 is 0 Å². The molecule has 1 aliphatic rings. The molecule has 21 heavy (non-hydrogen) atoms. The number of benzene rings is 1. The van der Waals surface area contributed by atoms with Crippen LogP contribution in [0.4, 0.5) is 0 Å². The van der Waals surface area contributed by atoms with E-state index in [1.165, 1.54) is 7.11 Å². The molecule has 0 aromatic heterocycles. The highest BCUT2D eigenvalue weighted by Crippen LogP contribution is 2.23. The molecule has 0 saturated carbocycles. The number of azide groups is 1. The SMILES string of the molecule is CC.COC(=O)[C@@H]1C[C@H](N=[N+]=[N-])CN1Cc1ccccc1. The fraction of sp³-hybridized carbons (Fsp3) is 0.533. The van der Waals surface area contributed by atoms with Crippen LogP contribution >= 0.6 is 0 Å². The third-order valence-electron chi connectivity index (χ3n) is 3.30. The molecule has 0 radical (unpaired) electrons. The molecule has 0 aliphatic carbocycles. The Hall–Kier alpha value is -2.04. The monoisotopic (exact) mass is 290 g/mol. The second-order valence-electron chi connectivity index (χ2n) is 4.55. The Kier molecular flexibility index (Phi) is 7.29. The second kappa shape index (κ2) is 9.00. The highest BCUT2D eigenvalue weighted by Gasteiger charge is 2.36. The number of ether oxygens (including phenoxy) is 1. The normalized spacial score (nSPS) is 20.9. The van der Waals surface area contributed by atoms with Crippen molar-refractivity contribution < 1.29 is 9.53 Å². The first kappa shape index (κ1) is 17.0. The van der Waals surface area contributed by atoms with E-state index in [9.17, 15) is 4.79 Å². The largest absolute Gasteiger partial charge is 0.468 e. The molecule has 2 rings (SSSR count). The third-order valence-corrected chi connectivity index (χ3v) is 3.30. The molecule has 0 bridgehead atoms. The van der Waals surface area contributed by atoms with Crippen LogP contribution in [0, 0.1) is 0 Å². The Bertz CT molecular complexity index is 486. The van der Waals surface area contributed by atoms with Crippen LogP contribution in [0.3, 0.4) is 0 Å². The quantitative estimate of drug-likeness (QED) is 0.370. The lowest BCUT2D eigenvalue weighted by molar-refractivity contribution is -0.146. The molecule has 6 nitrogen and oxygen atoms in total. The summed E-state index contributed by atoms with van der Waals surface area (Å²) in [5.74, 6) is -0.272. The fourth-order valence-electron chi connectivity index (χ4n) is 2.41.